The van der Waals surface area contributed by atoms with E-state index in [0.29, 0.717) is 10.6 Å². The van der Waals surface area contributed by atoms with E-state index in [9.17, 15) is 4.79 Å². The number of rotatable bonds is 4. The molecule has 0 saturated carbocycles. The molecule has 2 heterocycles. The van der Waals surface area contributed by atoms with E-state index in [1.54, 1.807) is 0 Å². The van der Waals surface area contributed by atoms with Crippen LogP contribution in [0.25, 0.3) is 0 Å². The van der Waals surface area contributed by atoms with Gasteiger partial charge in [0, 0.05) is 26.6 Å². The summed E-state index contributed by atoms with van der Waals surface area (Å²) in [5.41, 5.74) is 6.34. The van der Waals surface area contributed by atoms with Crippen LogP contribution in [-0.4, -0.2) is 50.1 Å². The molecular weight excluding hydrogens is 250 g/mol. The Labute approximate surface area is 111 Å². The number of nitrogens with two attached hydrogens (primary N) is 1. The number of Topliss-reactive ketones (excluding diaryl/α,β-unsaturated/α-hetero) is 1. The van der Waals surface area contributed by atoms with Gasteiger partial charge >= 0.3 is 0 Å². The van der Waals surface area contributed by atoms with Gasteiger partial charge in [-0.25, -0.2) is 0 Å². The summed E-state index contributed by atoms with van der Waals surface area (Å²) in [5.74, 6) is 0.0131. The van der Waals surface area contributed by atoms with E-state index in [4.69, 9.17) is 10.5 Å². The van der Waals surface area contributed by atoms with Crippen LogP contribution >= 0.6 is 11.3 Å². The molecule has 1 aliphatic rings. The third kappa shape index (κ3) is 3.22. The standard InChI is InChI=1S/C12H19N3O2S/c1-8(16)12-10(13)5-11(18-12)14-6-9-7-15(2)3-4-17-9/h5,9,14H,3-4,6-7,13H2,1-2H3. The van der Waals surface area contributed by atoms with Crippen LogP contribution in [0.4, 0.5) is 10.7 Å². The van der Waals surface area contributed by atoms with Crippen molar-refractivity contribution >= 4 is 27.8 Å². The Bertz CT molecular complexity index is 433. The number of morpholine rings is 1. The fourth-order valence-corrected chi connectivity index (χ4v) is 2.85. The van der Waals surface area contributed by atoms with Gasteiger partial charge in [0.25, 0.3) is 0 Å². The predicted octanol–water partition coefficient (Wildman–Crippen LogP) is 1.28. The van der Waals surface area contributed by atoms with Crippen LogP contribution in [0.15, 0.2) is 6.07 Å². The van der Waals surface area contributed by atoms with E-state index < -0.39 is 0 Å². The molecule has 2 rings (SSSR count). The highest BCUT2D eigenvalue weighted by Crippen LogP contribution is 2.29. The number of anilines is 2. The Morgan fingerprint density at radius 1 is 1.72 bits per heavy atom. The van der Waals surface area contributed by atoms with Gasteiger partial charge in [-0.05, 0) is 13.1 Å². The molecule has 1 unspecified atom stereocenters. The number of thiophene rings is 1. The van der Waals surface area contributed by atoms with Crippen molar-refractivity contribution in [3.05, 3.63) is 10.9 Å². The van der Waals surface area contributed by atoms with Gasteiger partial charge in [0.05, 0.1) is 28.3 Å². The molecule has 100 valence electrons. The molecule has 3 N–H and O–H groups in total. The lowest BCUT2D eigenvalue weighted by Gasteiger charge is -2.30. The number of hydrogen-bond donors (Lipinski definition) is 2. The fourth-order valence-electron chi connectivity index (χ4n) is 1.97. The van der Waals surface area contributed by atoms with Crippen molar-refractivity contribution < 1.29 is 9.53 Å². The summed E-state index contributed by atoms with van der Waals surface area (Å²) < 4.78 is 5.66. The van der Waals surface area contributed by atoms with Gasteiger partial charge in [0.2, 0.25) is 0 Å². The minimum atomic E-state index is 0.0131. The zero-order chi connectivity index (χ0) is 13.1. The number of hydrogen-bond acceptors (Lipinski definition) is 6. The summed E-state index contributed by atoms with van der Waals surface area (Å²) in [4.78, 5) is 14.2. The first-order valence-corrected chi connectivity index (χ1v) is 6.82. The van der Waals surface area contributed by atoms with E-state index in [1.165, 1.54) is 18.3 Å². The lowest BCUT2D eigenvalue weighted by molar-refractivity contribution is -0.0116. The summed E-state index contributed by atoms with van der Waals surface area (Å²) in [7, 11) is 2.09. The Balaban J connectivity index is 1.90. The number of likely N-dealkylation sites (N-methyl/N-ethyl adjacent to an activating group) is 1. The number of ether oxygens (including phenoxy) is 1. The van der Waals surface area contributed by atoms with Gasteiger partial charge in [-0.2, -0.15) is 0 Å². The molecule has 0 bridgehead atoms. The second kappa shape index (κ2) is 5.69. The smallest absolute Gasteiger partial charge is 0.171 e. The number of ketones is 1. The Hall–Kier alpha value is -1.11. The number of nitrogens with zero attached hydrogens (tertiary/aromatic N) is 1. The molecule has 1 aliphatic heterocycles. The third-order valence-electron chi connectivity index (χ3n) is 2.93. The van der Waals surface area contributed by atoms with E-state index in [1.807, 2.05) is 6.07 Å². The van der Waals surface area contributed by atoms with Crippen molar-refractivity contribution in [2.45, 2.75) is 13.0 Å². The monoisotopic (exact) mass is 269 g/mol. The highest BCUT2D eigenvalue weighted by Gasteiger charge is 2.18. The SMILES string of the molecule is CC(=O)c1sc(NCC2CN(C)CCO2)cc1N. The lowest BCUT2D eigenvalue weighted by Crippen LogP contribution is -2.43. The third-order valence-corrected chi connectivity index (χ3v) is 4.14. The molecule has 1 atom stereocenters. The molecule has 0 aromatic carbocycles. The fraction of sp³-hybridized carbons (Fsp3) is 0.583. The molecule has 5 nitrogen and oxygen atoms in total. The van der Waals surface area contributed by atoms with Gasteiger partial charge in [-0.3, -0.25) is 4.79 Å². The summed E-state index contributed by atoms with van der Waals surface area (Å²) >= 11 is 1.40. The Kier molecular flexibility index (Phi) is 4.21. The quantitative estimate of drug-likeness (QED) is 0.806. The molecule has 0 amide bonds. The highest BCUT2D eigenvalue weighted by molar-refractivity contribution is 7.18. The zero-order valence-corrected chi connectivity index (χ0v) is 11.5. The topological polar surface area (TPSA) is 67.6 Å². The second-order valence-corrected chi connectivity index (χ2v) is 5.64. The summed E-state index contributed by atoms with van der Waals surface area (Å²) in [6, 6.07) is 1.81. The Morgan fingerprint density at radius 2 is 2.50 bits per heavy atom. The summed E-state index contributed by atoms with van der Waals surface area (Å²) in [6.07, 6.45) is 0.188. The van der Waals surface area contributed by atoms with Crippen molar-refractivity contribution in [2.24, 2.45) is 0 Å². The first-order valence-electron chi connectivity index (χ1n) is 6.00. The largest absolute Gasteiger partial charge is 0.397 e. The summed E-state index contributed by atoms with van der Waals surface area (Å²) in [6.45, 7) is 4.95. The average molecular weight is 269 g/mol. The highest BCUT2D eigenvalue weighted by atomic mass is 32.1. The van der Waals surface area contributed by atoms with E-state index in [-0.39, 0.29) is 11.9 Å². The second-order valence-electron chi connectivity index (χ2n) is 4.59. The van der Waals surface area contributed by atoms with Crippen molar-refractivity contribution in [2.75, 3.05) is 44.3 Å². The molecule has 6 heteroatoms. The van der Waals surface area contributed by atoms with Crippen LogP contribution in [0, 0.1) is 0 Å². The van der Waals surface area contributed by atoms with Crippen molar-refractivity contribution in [1.82, 2.24) is 4.90 Å². The first kappa shape index (κ1) is 13.3. The van der Waals surface area contributed by atoms with Crippen LogP contribution in [-0.2, 0) is 4.74 Å². The van der Waals surface area contributed by atoms with Gasteiger partial charge in [0.15, 0.2) is 5.78 Å². The van der Waals surface area contributed by atoms with Crippen LogP contribution in [0.2, 0.25) is 0 Å². The number of carbonyl (C=O) groups excluding carboxylic acids is 1. The number of nitrogen functional groups attached to an aromatic ring is 1. The number of carbonyl (C=O) groups is 1. The van der Waals surface area contributed by atoms with Gasteiger partial charge < -0.3 is 20.7 Å². The molecule has 1 aromatic heterocycles. The minimum Gasteiger partial charge on any atom is -0.397 e. The molecule has 18 heavy (non-hydrogen) atoms. The van der Waals surface area contributed by atoms with E-state index >= 15 is 0 Å². The maximum atomic E-state index is 11.3. The van der Waals surface area contributed by atoms with Gasteiger partial charge in [-0.1, -0.05) is 0 Å². The predicted molar refractivity (Wildman–Crippen MR) is 74.5 cm³/mol. The molecule has 0 spiro atoms. The molecule has 1 saturated heterocycles. The van der Waals surface area contributed by atoms with Crippen molar-refractivity contribution in [3.63, 3.8) is 0 Å². The summed E-state index contributed by atoms with van der Waals surface area (Å²) in [5, 5.41) is 4.21. The van der Waals surface area contributed by atoms with Crippen molar-refractivity contribution in [1.29, 1.82) is 0 Å². The number of nitrogens with one attached hydrogen (secondary N) is 1. The van der Waals surface area contributed by atoms with Crippen LogP contribution in [0.5, 0.6) is 0 Å². The van der Waals surface area contributed by atoms with Crippen LogP contribution in [0.1, 0.15) is 16.6 Å². The molecule has 0 radical (unpaired) electrons. The van der Waals surface area contributed by atoms with Crippen LogP contribution in [0.3, 0.4) is 0 Å². The van der Waals surface area contributed by atoms with Gasteiger partial charge in [0.1, 0.15) is 0 Å². The van der Waals surface area contributed by atoms with Crippen molar-refractivity contribution in [3.8, 4) is 0 Å². The van der Waals surface area contributed by atoms with E-state index in [0.717, 1.165) is 31.2 Å². The maximum Gasteiger partial charge on any atom is 0.171 e. The van der Waals surface area contributed by atoms with E-state index in [2.05, 4.69) is 17.3 Å². The lowest BCUT2D eigenvalue weighted by atomic mass is 10.3. The van der Waals surface area contributed by atoms with Gasteiger partial charge in [-0.15, -0.1) is 11.3 Å². The molecule has 1 fully saturated rings. The molecule has 0 aliphatic carbocycles. The van der Waals surface area contributed by atoms with Crippen LogP contribution < -0.4 is 11.1 Å². The molecular formula is C12H19N3O2S. The Morgan fingerprint density at radius 3 is 3.11 bits per heavy atom. The minimum absolute atomic E-state index is 0.0131. The normalized spacial score (nSPS) is 20.9. The molecule has 1 aromatic rings. The zero-order valence-electron chi connectivity index (χ0n) is 10.7. The first-order chi connectivity index (χ1) is 8.56. The maximum absolute atomic E-state index is 11.3. The average Bonchev–Trinajstić information content (AvgIpc) is 2.68.